The number of halogens is 1. The number of pyridine rings is 1. The van der Waals surface area contributed by atoms with Gasteiger partial charge in [-0.15, -0.1) is 12.4 Å². The Morgan fingerprint density at radius 3 is 2.73 bits per heavy atom. The maximum absolute atomic E-state index is 4.57. The van der Waals surface area contributed by atoms with Crippen molar-refractivity contribution >= 4 is 23.3 Å². The monoisotopic (exact) mass is 319 g/mol. The number of rotatable bonds is 5. The summed E-state index contributed by atoms with van der Waals surface area (Å²) in [5, 5.41) is 4.73. The van der Waals surface area contributed by atoms with Gasteiger partial charge in [-0.3, -0.25) is 9.88 Å². The van der Waals surface area contributed by atoms with Crippen molar-refractivity contribution in [3.05, 3.63) is 42.1 Å². The standard InChI is InChI=1S/C18H25N3.ClH/c1-2-19-13-15-8-11-21(12-9-15)14-17-6-3-5-16-7-4-10-20-18(16)17;/h3-7,10,15,19H,2,8-9,11-14H2,1H3;1H. The Morgan fingerprint density at radius 2 is 1.95 bits per heavy atom. The van der Waals surface area contributed by atoms with Gasteiger partial charge in [0.15, 0.2) is 0 Å². The van der Waals surface area contributed by atoms with E-state index in [0.29, 0.717) is 0 Å². The van der Waals surface area contributed by atoms with Crippen molar-refractivity contribution in [2.75, 3.05) is 26.2 Å². The maximum atomic E-state index is 4.57. The van der Waals surface area contributed by atoms with Gasteiger partial charge in [0.1, 0.15) is 0 Å². The molecule has 0 atom stereocenters. The Bertz CT molecular complexity index is 574. The zero-order chi connectivity index (χ0) is 14.5. The maximum Gasteiger partial charge on any atom is 0.0746 e. The molecule has 2 heterocycles. The molecule has 1 N–H and O–H groups in total. The second-order valence-corrected chi connectivity index (χ2v) is 6.02. The molecule has 0 unspecified atom stereocenters. The molecule has 1 aromatic carbocycles. The highest BCUT2D eigenvalue weighted by Crippen LogP contribution is 2.21. The molecular formula is C18H26ClN3. The van der Waals surface area contributed by atoms with E-state index in [9.17, 15) is 0 Å². The summed E-state index contributed by atoms with van der Waals surface area (Å²) >= 11 is 0. The molecule has 3 rings (SSSR count). The lowest BCUT2D eigenvalue weighted by atomic mass is 9.96. The molecule has 0 spiro atoms. The van der Waals surface area contributed by atoms with Gasteiger partial charge in [-0.2, -0.15) is 0 Å². The number of para-hydroxylation sites is 1. The van der Waals surface area contributed by atoms with E-state index in [1.807, 2.05) is 12.3 Å². The predicted octanol–water partition coefficient (Wildman–Crippen LogP) is 3.48. The molecule has 4 heteroatoms. The van der Waals surface area contributed by atoms with Crippen LogP contribution < -0.4 is 5.32 Å². The fourth-order valence-corrected chi connectivity index (χ4v) is 3.23. The number of hydrogen-bond donors (Lipinski definition) is 1. The zero-order valence-electron chi connectivity index (χ0n) is 13.3. The minimum atomic E-state index is 0. The smallest absolute Gasteiger partial charge is 0.0746 e. The van der Waals surface area contributed by atoms with Crippen LogP contribution in [0.5, 0.6) is 0 Å². The van der Waals surface area contributed by atoms with Gasteiger partial charge in [0.2, 0.25) is 0 Å². The number of likely N-dealkylation sites (tertiary alicyclic amines) is 1. The second kappa shape index (κ2) is 8.47. The van der Waals surface area contributed by atoms with Crippen LogP contribution in [0.25, 0.3) is 10.9 Å². The van der Waals surface area contributed by atoms with Gasteiger partial charge < -0.3 is 5.32 Å². The van der Waals surface area contributed by atoms with Gasteiger partial charge in [-0.25, -0.2) is 0 Å². The first-order valence-electron chi connectivity index (χ1n) is 8.12. The van der Waals surface area contributed by atoms with Gasteiger partial charge in [-0.1, -0.05) is 31.2 Å². The van der Waals surface area contributed by atoms with E-state index < -0.39 is 0 Å². The molecule has 1 fully saturated rings. The molecule has 1 aliphatic heterocycles. The highest BCUT2D eigenvalue weighted by molar-refractivity contribution is 5.85. The van der Waals surface area contributed by atoms with Crippen molar-refractivity contribution in [2.45, 2.75) is 26.3 Å². The van der Waals surface area contributed by atoms with Crippen molar-refractivity contribution in [3.8, 4) is 0 Å². The zero-order valence-corrected chi connectivity index (χ0v) is 14.1. The molecule has 2 aromatic rings. The van der Waals surface area contributed by atoms with Gasteiger partial charge in [0.05, 0.1) is 5.52 Å². The van der Waals surface area contributed by atoms with Gasteiger partial charge in [0, 0.05) is 18.1 Å². The SMILES string of the molecule is CCNCC1CCN(Cc2cccc3cccnc23)CC1.Cl. The Balaban J connectivity index is 0.00000176. The molecule has 0 radical (unpaired) electrons. The molecule has 0 bridgehead atoms. The molecule has 1 saturated heterocycles. The van der Waals surface area contributed by atoms with E-state index in [0.717, 1.165) is 24.5 Å². The highest BCUT2D eigenvalue weighted by Gasteiger charge is 2.19. The van der Waals surface area contributed by atoms with Crippen LogP contribution in [-0.2, 0) is 6.54 Å². The summed E-state index contributed by atoms with van der Waals surface area (Å²) in [6, 6.07) is 10.7. The third kappa shape index (κ3) is 4.19. The Kier molecular flexibility index (Phi) is 6.62. The molecule has 120 valence electrons. The first-order valence-corrected chi connectivity index (χ1v) is 8.12. The fourth-order valence-electron chi connectivity index (χ4n) is 3.23. The average molecular weight is 320 g/mol. The van der Waals surface area contributed by atoms with Gasteiger partial charge in [0.25, 0.3) is 0 Å². The summed E-state index contributed by atoms with van der Waals surface area (Å²) in [6.45, 7) is 7.89. The van der Waals surface area contributed by atoms with E-state index in [1.165, 1.54) is 43.4 Å². The number of hydrogen-bond acceptors (Lipinski definition) is 3. The molecule has 1 aliphatic rings. The minimum absolute atomic E-state index is 0. The van der Waals surface area contributed by atoms with Crippen molar-refractivity contribution < 1.29 is 0 Å². The van der Waals surface area contributed by atoms with Gasteiger partial charge >= 0.3 is 0 Å². The molecule has 22 heavy (non-hydrogen) atoms. The number of piperidine rings is 1. The molecule has 1 aromatic heterocycles. The van der Waals surface area contributed by atoms with Crippen molar-refractivity contribution in [1.29, 1.82) is 0 Å². The lowest BCUT2D eigenvalue weighted by Crippen LogP contribution is -2.36. The van der Waals surface area contributed by atoms with E-state index in [2.05, 4.69) is 46.4 Å². The Morgan fingerprint density at radius 1 is 1.18 bits per heavy atom. The summed E-state index contributed by atoms with van der Waals surface area (Å²) in [6.07, 6.45) is 4.52. The lowest BCUT2D eigenvalue weighted by Gasteiger charge is -2.32. The number of benzene rings is 1. The average Bonchev–Trinajstić information content (AvgIpc) is 2.55. The van der Waals surface area contributed by atoms with Crippen molar-refractivity contribution in [3.63, 3.8) is 0 Å². The molecule has 0 amide bonds. The van der Waals surface area contributed by atoms with E-state index in [-0.39, 0.29) is 12.4 Å². The van der Waals surface area contributed by atoms with Crippen LogP contribution >= 0.6 is 12.4 Å². The topological polar surface area (TPSA) is 28.2 Å². The summed E-state index contributed by atoms with van der Waals surface area (Å²) in [4.78, 5) is 7.14. The van der Waals surface area contributed by atoms with Crippen LogP contribution in [0.3, 0.4) is 0 Å². The van der Waals surface area contributed by atoms with Gasteiger partial charge in [-0.05, 0) is 56.6 Å². The number of nitrogens with zero attached hydrogens (tertiary/aromatic N) is 2. The molecule has 0 aliphatic carbocycles. The quantitative estimate of drug-likeness (QED) is 0.914. The third-order valence-electron chi connectivity index (χ3n) is 4.50. The normalized spacial score (nSPS) is 16.6. The molecular weight excluding hydrogens is 294 g/mol. The van der Waals surface area contributed by atoms with Crippen molar-refractivity contribution in [2.24, 2.45) is 5.92 Å². The van der Waals surface area contributed by atoms with Crippen molar-refractivity contribution in [1.82, 2.24) is 15.2 Å². The summed E-state index contributed by atoms with van der Waals surface area (Å²) in [7, 11) is 0. The summed E-state index contributed by atoms with van der Waals surface area (Å²) < 4.78 is 0. The fraction of sp³-hybridized carbons (Fsp3) is 0.500. The Labute approximate surface area is 139 Å². The van der Waals surface area contributed by atoms with Crippen LogP contribution in [-0.4, -0.2) is 36.1 Å². The Hall–Kier alpha value is -1.16. The molecule has 3 nitrogen and oxygen atoms in total. The minimum Gasteiger partial charge on any atom is -0.317 e. The van der Waals surface area contributed by atoms with Crippen LogP contribution in [0.4, 0.5) is 0 Å². The first kappa shape index (κ1) is 17.2. The van der Waals surface area contributed by atoms with Crippen LogP contribution in [0.2, 0.25) is 0 Å². The van der Waals surface area contributed by atoms with E-state index >= 15 is 0 Å². The third-order valence-corrected chi connectivity index (χ3v) is 4.50. The largest absolute Gasteiger partial charge is 0.317 e. The van der Waals surface area contributed by atoms with Crippen LogP contribution in [0.15, 0.2) is 36.5 Å². The summed E-state index contributed by atoms with van der Waals surface area (Å²) in [5.41, 5.74) is 2.52. The molecule has 0 saturated carbocycles. The summed E-state index contributed by atoms with van der Waals surface area (Å²) in [5.74, 6) is 0.854. The second-order valence-electron chi connectivity index (χ2n) is 6.02. The van der Waals surface area contributed by atoms with E-state index in [1.54, 1.807) is 0 Å². The van der Waals surface area contributed by atoms with Crippen LogP contribution in [0, 0.1) is 5.92 Å². The predicted molar refractivity (Wildman–Crippen MR) is 95.5 cm³/mol. The number of aromatic nitrogens is 1. The number of nitrogens with one attached hydrogen (secondary N) is 1. The number of fused-ring (bicyclic) bond motifs is 1. The lowest BCUT2D eigenvalue weighted by molar-refractivity contribution is 0.176. The van der Waals surface area contributed by atoms with Crippen LogP contribution in [0.1, 0.15) is 25.3 Å². The first-order chi connectivity index (χ1) is 10.4. The van der Waals surface area contributed by atoms with E-state index in [4.69, 9.17) is 0 Å². The highest BCUT2D eigenvalue weighted by atomic mass is 35.5.